The molecule has 0 radical (unpaired) electrons. The predicted octanol–water partition coefficient (Wildman–Crippen LogP) is 2.15. The number of benzene rings is 1. The van der Waals surface area contributed by atoms with E-state index in [1.165, 1.54) is 0 Å². The maximum absolute atomic E-state index is 13.3. The Kier molecular flexibility index (Phi) is 9.98. The molecule has 0 aliphatic heterocycles. The van der Waals surface area contributed by atoms with Gasteiger partial charge in [-0.1, -0.05) is 44.4 Å². The molecule has 6 N–H and O–H groups in total. The number of carbonyl (C=O) groups excluding carboxylic acids is 3. The number of anilines is 1. The van der Waals surface area contributed by atoms with Crippen LogP contribution in [0.5, 0.6) is 0 Å². The van der Waals surface area contributed by atoms with Gasteiger partial charge in [-0.25, -0.2) is 0 Å². The summed E-state index contributed by atoms with van der Waals surface area (Å²) in [4.78, 5) is 45.0. The quantitative estimate of drug-likeness (QED) is 0.386. The number of para-hydroxylation sites is 1. The Labute approximate surface area is 207 Å². The van der Waals surface area contributed by atoms with Crippen LogP contribution in [-0.2, 0) is 14.4 Å². The molecule has 1 aliphatic rings. The van der Waals surface area contributed by atoms with Gasteiger partial charge in [-0.3, -0.25) is 19.4 Å². The van der Waals surface area contributed by atoms with Gasteiger partial charge in [0, 0.05) is 25.0 Å². The summed E-state index contributed by atoms with van der Waals surface area (Å²) in [6.45, 7) is 3.31. The lowest BCUT2D eigenvalue weighted by molar-refractivity contribution is -0.135. The number of amides is 3. The molecular weight excluding hydrogens is 444 g/mol. The minimum Gasteiger partial charge on any atom is -0.343 e. The number of nitrogens with zero attached hydrogens (tertiary/aromatic N) is 2. The van der Waals surface area contributed by atoms with E-state index in [9.17, 15) is 14.4 Å². The number of hydrogen-bond donors (Lipinski definition) is 4. The van der Waals surface area contributed by atoms with Crippen LogP contribution in [0.25, 0.3) is 10.9 Å². The zero-order valence-corrected chi connectivity index (χ0v) is 20.5. The molecule has 3 rings (SSSR count). The van der Waals surface area contributed by atoms with Gasteiger partial charge in [0.15, 0.2) is 0 Å². The van der Waals surface area contributed by atoms with Crippen LogP contribution in [0.2, 0.25) is 0 Å². The smallest absolute Gasteiger partial charge is 0.247 e. The lowest BCUT2D eigenvalue weighted by atomic mass is 9.83. The van der Waals surface area contributed by atoms with Crippen molar-refractivity contribution in [1.29, 1.82) is 0 Å². The van der Waals surface area contributed by atoms with Crippen LogP contribution in [0.3, 0.4) is 0 Å². The average Bonchev–Trinajstić information content (AvgIpc) is 2.87. The van der Waals surface area contributed by atoms with Gasteiger partial charge in [0.1, 0.15) is 6.04 Å². The monoisotopic (exact) mass is 482 g/mol. The predicted molar refractivity (Wildman–Crippen MR) is 137 cm³/mol. The van der Waals surface area contributed by atoms with Crippen molar-refractivity contribution in [3.8, 4) is 0 Å². The first-order valence-corrected chi connectivity index (χ1v) is 12.6. The van der Waals surface area contributed by atoms with Gasteiger partial charge in [0.25, 0.3) is 0 Å². The number of rotatable bonds is 11. The summed E-state index contributed by atoms with van der Waals surface area (Å²) < 4.78 is 0. The molecule has 3 amide bonds. The first-order valence-electron chi connectivity index (χ1n) is 12.6. The highest BCUT2D eigenvalue weighted by molar-refractivity contribution is 5.99. The van der Waals surface area contributed by atoms with Crippen LogP contribution in [0.1, 0.15) is 51.9 Å². The minimum absolute atomic E-state index is 0.0119. The van der Waals surface area contributed by atoms with Gasteiger partial charge < -0.3 is 27.0 Å². The Morgan fingerprint density at radius 2 is 1.86 bits per heavy atom. The Bertz CT molecular complexity index is 1000. The van der Waals surface area contributed by atoms with E-state index in [0.717, 1.165) is 49.4 Å². The average molecular weight is 483 g/mol. The zero-order chi connectivity index (χ0) is 25.2. The molecule has 1 aromatic carbocycles. The standard InChI is InChI=1S/C26H38N6O3/c1-2-13-32(14-12-27)23(33)16-21(28)25(34)31-24(18-8-4-3-5-9-18)26(35)30-20-15-19-10-6-7-11-22(19)29-17-20/h6-7,10-11,15,17-18,21,24H,2-5,8-9,12-14,16,27-28H2,1H3,(H,30,35)(H,31,34)/t21-,24-/m0/s1. The van der Waals surface area contributed by atoms with Gasteiger partial charge in [-0.15, -0.1) is 0 Å². The summed E-state index contributed by atoms with van der Waals surface area (Å²) in [5, 5.41) is 6.70. The largest absolute Gasteiger partial charge is 0.343 e. The molecule has 1 aliphatic carbocycles. The molecule has 35 heavy (non-hydrogen) atoms. The van der Waals surface area contributed by atoms with E-state index in [2.05, 4.69) is 15.6 Å². The van der Waals surface area contributed by atoms with Crippen LogP contribution >= 0.6 is 0 Å². The summed E-state index contributed by atoms with van der Waals surface area (Å²) in [5.74, 6) is -0.986. The summed E-state index contributed by atoms with van der Waals surface area (Å²) >= 11 is 0. The second kappa shape index (κ2) is 13.2. The molecule has 9 nitrogen and oxygen atoms in total. The van der Waals surface area contributed by atoms with Crippen LogP contribution in [-0.4, -0.2) is 59.3 Å². The van der Waals surface area contributed by atoms with E-state index in [-0.39, 0.29) is 24.2 Å². The molecule has 9 heteroatoms. The van der Waals surface area contributed by atoms with Crippen molar-refractivity contribution in [2.45, 2.75) is 64.0 Å². The molecule has 1 fully saturated rings. The van der Waals surface area contributed by atoms with Crippen molar-refractivity contribution in [1.82, 2.24) is 15.2 Å². The minimum atomic E-state index is -1.04. The van der Waals surface area contributed by atoms with Crippen LogP contribution < -0.4 is 22.1 Å². The van der Waals surface area contributed by atoms with Crippen LogP contribution in [0.4, 0.5) is 5.69 Å². The number of fused-ring (bicyclic) bond motifs is 1. The summed E-state index contributed by atoms with van der Waals surface area (Å²) in [5.41, 5.74) is 13.1. The molecule has 0 saturated heterocycles. The van der Waals surface area contributed by atoms with Crippen molar-refractivity contribution in [3.63, 3.8) is 0 Å². The van der Waals surface area contributed by atoms with Crippen LogP contribution in [0.15, 0.2) is 36.5 Å². The van der Waals surface area contributed by atoms with E-state index in [4.69, 9.17) is 11.5 Å². The van der Waals surface area contributed by atoms with Gasteiger partial charge in [0.05, 0.1) is 29.9 Å². The van der Waals surface area contributed by atoms with Crippen molar-refractivity contribution in [3.05, 3.63) is 36.5 Å². The highest BCUT2D eigenvalue weighted by atomic mass is 16.2. The molecule has 2 aromatic rings. The molecular formula is C26H38N6O3. The van der Waals surface area contributed by atoms with Gasteiger partial charge >= 0.3 is 0 Å². The number of aromatic nitrogens is 1. The maximum Gasteiger partial charge on any atom is 0.247 e. The van der Waals surface area contributed by atoms with Gasteiger partial charge in [0.2, 0.25) is 17.7 Å². The van der Waals surface area contributed by atoms with Crippen LogP contribution in [0, 0.1) is 5.92 Å². The lowest BCUT2D eigenvalue weighted by Crippen LogP contribution is -2.54. The Morgan fingerprint density at radius 1 is 1.11 bits per heavy atom. The topological polar surface area (TPSA) is 143 Å². The molecule has 0 bridgehead atoms. The first-order chi connectivity index (χ1) is 16.9. The highest BCUT2D eigenvalue weighted by Gasteiger charge is 2.33. The van der Waals surface area contributed by atoms with Crippen molar-refractivity contribution < 1.29 is 14.4 Å². The van der Waals surface area contributed by atoms with E-state index < -0.39 is 18.0 Å². The molecule has 0 spiro atoms. The SMILES string of the molecule is CCCN(CCN)C(=O)C[C@H](N)C(=O)N[C@H](C(=O)Nc1cnc2ccccc2c1)C1CCCCC1. The molecule has 1 aromatic heterocycles. The molecule has 1 heterocycles. The summed E-state index contributed by atoms with van der Waals surface area (Å²) in [6, 6.07) is 7.76. The fraction of sp³-hybridized carbons (Fsp3) is 0.538. The first kappa shape index (κ1) is 26.6. The second-order valence-corrected chi connectivity index (χ2v) is 9.27. The fourth-order valence-electron chi connectivity index (χ4n) is 4.68. The number of carbonyl (C=O) groups is 3. The summed E-state index contributed by atoms with van der Waals surface area (Å²) in [7, 11) is 0. The third-order valence-corrected chi connectivity index (χ3v) is 6.54. The van der Waals surface area contributed by atoms with E-state index >= 15 is 0 Å². The Balaban J connectivity index is 1.69. The number of nitrogens with one attached hydrogen (secondary N) is 2. The Morgan fingerprint density at radius 3 is 2.57 bits per heavy atom. The zero-order valence-electron chi connectivity index (χ0n) is 20.5. The van der Waals surface area contributed by atoms with Crippen molar-refractivity contribution >= 4 is 34.3 Å². The molecule has 190 valence electrons. The molecule has 1 saturated carbocycles. The third kappa shape index (κ3) is 7.47. The van der Waals surface area contributed by atoms with E-state index in [0.29, 0.717) is 25.3 Å². The number of hydrogen-bond acceptors (Lipinski definition) is 6. The third-order valence-electron chi connectivity index (χ3n) is 6.54. The Hall–Kier alpha value is -3.04. The normalized spacial score (nSPS) is 15.9. The number of pyridine rings is 1. The number of nitrogens with two attached hydrogens (primary N) is 2. The molecule has 0 unspecified atom stereocenters. The second-order valence-electron chi connectivity index (χ2n) is 9.27. The van der Waals surface area contributed by atoms with Crippen molar-refractivity contribution in [2.75, 3.05) is 25.0 Å². The lowest BCUT2D eigenvalue weighted by Gasteiger charge is -2.31. The van der Waals surface area contributed by atoms with Gasteiger partial charge in [-0.2, -0.15) is 0 Å². The highest BCUT2D eigenvalue weighted by Crippen LogP contribution is 2.27. The summed E-state index contributed by atoms with van der Waals surface area (Å²) in [6.07, 6.45) is 7.13. The van der Waals surface area contributed by atoms with E-state index in [1.54, 1.807) is 11.1 Å². The maximum atomic E-state index is 13.3. The molecule has 2 atom stereocenters. The fourth-order valence-corrected chi connectivity index (χ4v) is 4.68. The van der Waals surface area contributed by atoms with Crippen molar-refractivity contribution in [2.24, 2.45) is 17.4 Å². The van der Waals surface area contributed by atoms with Gasteiger partial charge in [-0.05, 0) is 37.3 Å². The van der Waals surface area contributed by atoms with E-state index in [1.807, 2.05) is 37.3 Å².